The van der Waals surface area contributed by atoms with E-state index in [-0.39, 0.29) is 29.8 Å². The van der Waals surface area contributed by atoms with E-state index in [0.29, 0.717) is 0 Å². The van der Waals surface area contributed by atoms with Gasteiger partial charge in [-0.1, -0.05) is 25.5 Å². The highest BCUT2D eigenvalue weighted by molar-refractivity contribution is 5.75. The molecular formula is C15H22O4. The Balaban J connectivity index is 2.02. The second kappa shape index (κ2) is 4.06. The Morgan fingerprint density at radius 1 is 1.42 bits per heavy atom. The molecule has 0 aromatic rings. The van der Waals surface area contributed by atoms with Crippen molar-refractivity contribution >= 4 is 5.97 Å². The van der Waals surface area contributed by atoms with Crippen LogP contribution in [0.5, 0.6) is 0 Å². The molecule has 1 saturated carbocycles. The molecule has 0 aromatic heterocycles. The van der Waals surface area contributed by atoms with Crippen LogP contribution in [0.2, 0.25) is 0 Å². The first kappa shape index (κ1) is 13.1. The second-order valence-electron chi connectivity index (χ2n) is 6.72. The summed E-state index contributed by atoms with van der Waals surface area (Å²) in [6.07, 6.45) is 1.69. The third-order valence-electron chi connectivity index (χ3n) is 5.67. The van der Waals surface area contributed by atoms with Gasteiger partial charge in [0.2, 0.25) is 0 Å². The first-order valence-corrected chi connectivity index (χ1v) is 7.11. The maximum Gasteiger partial charge on any atom is 0.309 e. The summed E-state index contributed by atoms with van der Waals surface area (Å²) >= 11 is 0. The fourth-order valence-corrected chi connectivity index (χ4v) is 4.49. The predicted molar refractivity (Wildman–Crippen MR) is 69.1 cm³/mol. The van der Waals surface area contributed by atoms with Crippen LogP contribution in [-0.2, 0) is 9.53 Å². The van der Waals surface area contributed by atoms with E-state index in [0.717, 1.165) is 18.4 Å². The molecule has 0 amide bonds. The third-order valence-corrected chi connectivity index (χ3v) is 5.67. The zero-order valence-electron chi connectivity index (χ0n) is 11.7. The van der Waals surface area contributed by atoms with Gasteiger partial charge >= 0.3 is 5.97 Å². The summed E-state index contributed by atoms with van der Waals surface area (Å²) in [5.41, 5.74) is 0.640. The molecule has 3 rings (SSSR count). The molecule has 19 heavy (non-hydrogen) atoms. The zero-order chi connectivity index (χ0) is 13.9. The van der Waals surface area contributed by atoms with Crippen LogP contribution in [-0.4, -0.2) is 34.5 Å². The summed E-state index contributed by atoms with van der Waals surface area (Å²) in [7, 11) is 0. The minimum Gasteiger partial charge on any atom is -0.461 e. The van der Waals surface area contributed by atoms with E-state index in [2.05, 4.69) is 0 Å². The Hall–Kier alpha value is -0.870. The lowest BCUT2D eigenvalue weighted by molar-refractivity contribution is -0.155. The normalized spacial score (nSPS) is 53.1. The number of aliphatic hydroxyl groups excluding tert-OH is 2. The number of aliphatic hydroxyl groups is 2. The SMILES string of the molecule is CC1=C[C@@H](O)[C@H](O)[C@]2(C)CC[C@@H]3[C@H](OC(=O)[C@H]3C)[C@@H]12. The third kappa shape index (κ3) is 1.62. The van der Waals surface area contributed by atoms with Gasteiger partial charge in [0.05, 0.1) is 18.1 Å². The van der Waals surface area contributed by atoms with Gasteiger partial charge in [0, 0.05) is 17.3 Å². The van der Waals surface area contributed by atoms with Crippen LogP contribution < -0.4 is 0 Å². The van der Waals surface area contributed by atoms with Crippen molar-refractivity contribution in [3.8, 4) is 0 Å². The lowest BCUT2D eigenvalue weighted by Crippen LogP contribution is -2.56. The minimum absolute atomic E-state index is 0.0264. The van der Waals surface area contributed by atoms with Gasteiger partial charge in [0.1, 0.15) is 6.10 Å². The molecule has 0 aromatic carbocycles. The summed E-state index contributed by atoms with van der Waals surface area (Å²) in [4.78, 5) is 11.8. The average Bonchev–Trinajstić information content (AvgIpc) is 2.62. The van der Waals surface area contributed by atoms with Crippen LogP contribution in [0.3, 0.4) is 0 Å². The summed E-state index contributed by atoms with van der Waals surface area (Å²) < 4.78 is 5.59. The number of carbonyl (C=O) groups is 1. The highest BCUT2D eigenvalue weighted by Gasteiger charge is 2.59. The average molecular weight is 266 g/mol. The lowest BCUT2D eigenvalue weighted by atomic mass is 9.54. The Morgan fingerprint density at radius 3 is 2.79 bits per heavy atom. The van der Waals surface area contributed by atoms with Gasteiger partial charge in [-0.25, -0.2) is 0 Å². The molecule has 1 aliphatic heterocycles. The standard InChI is InChI=1S/C15H22O4/c1-7-6-10(16)13(17)15(3)5-4-9-8(2)14(18)19-12(9)11(7)15/h6,8-13,16-17H,4-5H2,1-3H3/t8-,9-,10+,11+,12-,13-,15+/m0/s1. The molecule has 4 heteroatoms. The topological polar surface area (TPSA) is 66.8 Å². The van der Waals surface area contributed by atoms with Crippen LogP contribution in [0, 0.1) is 23.2 Å². The van der Waals surface area contributed by atoms with E-state index in [9.17, 15) is 15.0 Å². The summed E-state index contributed by atoms with van der Waals surface area (Å²) in [6.45, 7) is 5.91. The number of rotatable bonds is 0. The van der Waals surface area contributed by atoms with Gasteiger partial charge in [-0.05, 0) is 19.8 Å². The van der Waals surface area contributed by atoms with Gasteiger partial charge in [-0.3, -0.25) is 4.79 Å². The molecule has 2 fully saturated rings. The van der Waals surface area contributed by atoms with E-state index in [1.54, 1.807) is 6.08 Å². The molecule has 7 atom stereocenters. The Kier molecular flexibility index (Phi) is 2.81. The molecular weight excluding hydrogens is 244 g/mol. The maximum atomic E-state index is 11.8. The number of hydrogen-bond donors (Lipinski definition) is 2. The first-order valence-electron chi connectivity index (χ1n) is 7.11. The van der Waals surface area contributed by atoms with Gasteiger partial charge < -0.3 is 14.9 Å². The lowest BCUT2D eigenvalue weighted by Gasteiger charge is -2.52. The number of fused-ring (bicyclic) bond motifs is 3. The van der Waals surface area contributed by atoms with E-state index < -0.39 is 17.6 Å². The Labute approximate surface area is 113 Å². The van der Waals surface area contributed by atoms with Crippen LogP contribution in [0.15, 0.2) is 11.6 Å². The van der Waals surface area contributed by atoms with Crippen LogP contribution in [0.1, 0.15) is 33.6 Å². The highest BCUT2D eigenvalue weighted by Crippen LogP contribution is 2.56. The van der Waals surface area contributed by atoms with Gasteiger partial charge in [-0.15, -0.1) is 0 Å². The molecule has 1 heterocycles. The quantitative estimate of drug-likeness (QED) is 0.512. The largest absolute Gasteiger partial charge is 0.461 e. The van der Waals surface area contributed by atoms with Crippen LogP contribution >= 0.6 is 0 Å². The monoisotopic (exact) mass is 266 g/mol. The number of carbonyl (C=O) groups excluding carboxylic acids is 1. The van der Waals surface area contributed by atoms with Crippen molar-refractivity contribution in [2.45, 2.75) is 51.9 Å². The van der Waals surface area contributed by atoms with Gasteiger partial charge in [0.15, 0.2) is 0 Å². The number of ether oxygens (including phenoxy) is 1. The summed E-state index contributed by atoms with van der Waals surface area (Å²) in [6, 6.07) is 0. The molecule has 0 bridgehead atoms. The van der Waals surface area contributed by atoms with Crippen molar-refractivity contribution in [2.75, 3.05) is 0 Å². The molecule has 106 valence electrons. The van der Waals surface area contributed by atoms with Crippen molar-refractivity contribution in [3.05, 3.63) is 11.6 Å². The predicted octanol–water partition coefficient (Wildman–Crippen LogP) is 1.26. The van der Waals surface area contributed by atoms with Crippen molar-refractivity contribution in [1.29, 1.82) is 0 Å². The first-order chi connectivity index (χ1) is 8.86. The van der Waals surface area contributed by atoms with Gasteiger partial charge in [0.25, 0.3) is 0 Å². The van der Waals surface area contributed by atoms with E-state index in [1.807, 2.05) is 20.8 Å². The molecule has 1 saturated heterocycles. The second-order valence-corrected chi connectivity index (χ2v) is 6.72. The molecule has 2 aliphatic carbocycles. The molecule has 0 unspecified atom stereocenters. The van der Waals surface area contributed by atoms with Crippen LogP contribution in [0.25, 0.3) is 0 Å². The molecule has 0 spiro atoms. The van der Waals surface area contributed by atoms with Crippen molar-refractivity contribution < 1.29 is 19.7 Å². The van der Waals surface area contributed by atoms with Gasteiger partial charge in [-0.2, -0.15) is 0 Å². The molecule has 4 nitrogen and oxygen atoms in total. The van der Waals surface area contributed by atoms with Crippen molar-refractivity contribution in [3.63, 3.8) is 0 Å². The van der Waals surface area contributed by atoms with E-state index in [4.69, 9.17) is 4.74 Å². The zero-order valence-corrected chi connectivity index (χ0v) is 11.7. The van der Waals surface area contributed by atoms with Crippen molar-refractivity contribution in [2.24, 2.45) is 23.2 Å². The number of esters is 1. The van der Waals surface area contributed by atoms with E-state index >= 15 is 0 Å². The summed E-state index contributed by atoms with van der Waals surface area (Å²) in [5, 5.41) is 20.3. The van der Waals surface area contributed by atoms with E-state index in [1.165, 1.54) is 0 Å². The molecule has 2 N–H and O–H groups in total. The summed E-state index contributed by atoms with van der Waals surface area (Å²) in [5.74, 6) is 0.105. The number of hydrogen-bond acceptors (Lipinski definition) is 4. The fourth-order valence-electron chi connectivity index (χ4n) is 4.49. The highest BCUT2D eigenvalue weighted by atomic mass is 16.6. The van der Waals surface area contributed by atoms with Crippen LogP contribution in [0.4, 0.5) is 0 Å². The Morgan fingerprint density at radius 2 is 2.11 bits per heavy atom. The maximum absolute atomic E-state index is 11.8. The Bertz CT molecular complexity index is 443. The molecule has 0 radical (unpaired) electrons. The fraction of sp³-hybridized carbons (Fsp3) is 0.800. The minimum atomic E-state index is -0.813. The molecule has 3 aliphatic rings. The smallest absolute Gasteiger partial charge is 0.309 e. The van der Waals surface area contributed by atoms with Crippen molar-refractivity contribution in [1.82, 2.24) is 0 Å².